The van der Waals surface area contributed by atoms with E-state index in [4.69, 9.17) is 4.74 Å². The van der Waals surface area contributed by atoms with E-state index in [-0.39, 0.29) is 28.9 Å². The number of aliphatic hydroxyl groups excluding tert-OH is 2. The molecule has 0 bridgehead atoms. The Labute approximate surface area is 171 Å². The molecule has 5 rings (SSSR count). The first-order chi connectivity index (χ1) is 13.5. The largest absolute Gasteiger partial charge is 0.508 e. The van der Waals surface area contributed by atoms with Gasteiger partial charge in [-0.1, -0.05) is 27.7 Å². The van der Waals surface area contributed by atoms with Crippen molar-refractivity contribution in [2.75, 3.05) is 0 Å². The third kappa shape index (κ3) is 2.17. The number of rotatable bonds is 0. The van der Waals surface area contributed by atoms with Gasteiger partial charge in [0.15, 0.2) is 0 Å². The first-order valence-corrected chi connectivity index (χ1v) is 10.7. The summed E-state index contributed by atoms with van der Waals surface area (Å²) >= 11 is 0. The van der Waals surface area contributed by atoms with E-state index in [1.807, 2.05) is 13.8 Å². The molecule has 4 N–H and O–H groups in total. The molecule has 1 aromatic rings. The molecule has 0 radical (unpaired) electrons. The molecule has 2 heterocycles. The molecular formula is C23H31NO5. The highest BCUT2D eigenvalue weighted by Crippen LogP contribution is 2.67. The maximum atomic E-state index is 12.2. The first kappa shape index (κ1) is 19.2. The molecule has 6 nitrogen and oxygen atoms in total. The summed E-state index contributed by atoms with van der Waals surface area (Å²) in [6.45, 7) is 8.89. The zero-order valence-electron chi connectivity index (χ0n) is 17.6. The van der Waals surface area contributed by atoms with Crippen molar-refractivity contribution in [1.82, 2.24) is 5.32 Å². The molecule has 6 heteroatoms. The van der Waals surface area contributed by atoms with Crippen molar-refractivity contribution in [3.8, 4) is 11.5 Å². The first-order valence-electron chi connectivity index (χ1n) is 10.7. The van der Waals surface area contributed by atoms with Crippen LogP contribution in [0.3, 0.4) is 0 Å². The minimum atomic E-state index is -0.816. The molecule has 2 aliphatic heterocycles. The molecule has 2 fully saturated rings. The predicted octanol–water partition coefficient (Wildman–Crippen LogP) is 2.51. The number of aromatic hydroxyl groups is 1. The van der Waals surface area contributed by atoms with Gasteiger partial charge in [0.25, 0.3) is 5.91 Å². The average Bonchev–Trinajstić information content (AvgIpc) is 3.22. The van der Waals surface area contributed by atoms with Gasteiger partial charge in [-0.2, -0.15) is 0 Å². The van der Waals surface area contributed by atoms with Gasteiger partial charge in [0.1, 0.15) is 17.1 Å². The van der Waals surface area contributed by atoms with Crippen LogP contribution in [0.5, 0.6) is 11.5 Å². The number of phenolic OH excluding ortho intramolecular Hbond substituents is 1. The minimum Gasteiger partial charge on any atom is -0.508 e. The molecule has 6 atom stereocenters. The zero-order chi connectivity index (χ0) is 20.9. The molecule has 4 aliphatic rings. The minimum absolute atomic E-state index is 0.112. The van der Waals surface area contributed by atoms with E-state index in [1.165, 1.54) is 0 Å². The number of ether oxygens (including phenoxy) is 1. The van der Waals surface area contributed by atoms with Crippen molar-refractivity contribution in [3.05, 3.63) is 22.8 Å². The Kier molecular flexibility index (Phi) is 3.75. The Morgan fingerprint density at radius 3 is 2.62 bits per heavy atom. The van der Waals surface area contributed by atoms with Crippen LogP contribution in [-0.2, 0) is 13.0 Å². The van der Waals surface area contributed by atoms with Crippen LogP contribution in [-0.4, -0.2) is 39.0 Å². The quantitative estimate of drug-likeness (QED) is 0.535. The van der Waals surface area contributed by atoms with Gasteiger partial charge in [0.2, 0.25) is 0 Å². The molecule has 29 heavy (non-hydrogen) atoms. The fraction of sp³-hybridized carbons (Fsp3) is 0.696. The number of carbonyl (C=O) groups is 1. The second-order valence-electron chi connectivity index (χ2n) is 10.6. The van der Waals surface area contributed by atoms with Gasteiger partial charge in [-0.25, -0.2) is 0 Å². The van der Waals surface area contributed by atoms with Gasteiger partial charge in [0.05, 0.1) is 17.8 Å². The molecule has 1 aromatic carbocycles. The number of hydrogen-bond donors (Lipinski definition) is 4. The van der Waals surface area contributed by atoms with E-state index in [0.29, 0.717) is 30.7 Å². The summed E-state index contributed by atoms with van der Waals surface area (Å²) in [4.78, 5) is 12.2. The fourth-order valence-electron chi connectivity index (χ4n) is 7.32. The Hall–Kier alpha value is -1.79. The van der Waals surface area contributed by atoms with Gasteiger partial charge >= 0.3 is 0 Å². The van der Waals surface area contributed by atoms with Gasteiger partial charge in [-0.3, -0.25) is 4.79 Å². The Morgan fingerprint density at radius 2 is 1.90 bits per heavy atom. The Bertz CT molecular complexity index is 911. The van der Waals surface area contributed by atoms with Crippen LogP contribution in [0.2, 0.25) is 0 Å². The molecule has 2 aliphatic carbocycles. The van der Waals surface area contributed by atoms with Crippen molar-refractivity contribution in [2.45, 2.75) is 77.7 Å². The monoisotopic (exact) mass is 401 g/mol. The van der Waals surface area contributed by atoms with Crippen LogP contribution in [0.1, 0.15) is 68.4 Å². The van der Waals surface area contributed by atoms with E-state index in [2.05, 4.69) is 19.2 Å². The van der Waals surface area contributed by atoms with Crippen LogP contribution < -0.4 is 10.1 Å². The standard InChI is InChI=1S/C23H31NO5/c1-11-5-6-17-21(2,3)19(27)16(26)9-22(17,4)23(11)8-13-15(25)7-12-14(18(13)29-23)10-24-20(12)28/h7,11,16-17,19,25-27H,5-6,8-10H2,1-4H3,(H,24,28)/t11-,16-,17?,19-,22+,23-/m1/s1. The maximum absolute atomic E-state index is 12.2. The SMILES string of the molecule is C[C@@H]1CCC2C(C)(C)[C@H](O)[C@H](O)C[C@]2(C)[C@@]12Cc1c(O)cc3c(c1O2)CNC3=O. The van der Waals surface area contributed by atoms with E-state index in [1.54, 1.807) is 6.07 Å². The van der Waals surface area contributed by atoms with Crippen LogP contribution in [0.15, 0.2) is 6.07 Å². The third-order valence-corrected chi connectivity index (χ3v) is 8.94. The van der Waals surface area contributed by atoms with Gasteiger partial charge < -0.3 is 25.4 Å². The van der Waals surface area contributed by atoms with E-state index in [9.17, 15) is 20.1 Å². The number of phenols is 1. The normalized spacial score (nSPS) is 42.1. The van der Waals surface area contributed by atoms with Crippen LogP contribution in [0, 0.1) is 22.7 Å². The summed E-state index contributed by atoms with van der Waals surface area (Å²) in [6.07, 6.45) is 1.36. The number of carbonyl (C=O) groups excluding carboxylic acids is 1. The molecule has 158 valence electrons. The van der Waals surface area contributed by atoms with Crippen molar-refractivity contribution in [2.24, 2.45) is 22.7 Å². The van der Waals surface area contributed by atoms with Crippen molar-refractivity contribution < 1.29 is 24.9 Å². The lowest BCUT2D eigenvalue weighted by molar-refractivity contribution is -0.240. The fourth-order valence-corrected chi connectivity index (χ4v) is 7.32. The summed E-state index contributed by atoms with van der Waals surface area (Å²) < 4.78 is 6.82. The number of amides is 1. The second kappa shape index (κ2) is 5.67. The summed E-state index contributed by atoms with van der Waals surface area (Å²) in [6, 6.07) is 1.57. The summed E-state index contributed by atoms with van der Waals surface area (Å²) in [7, 11) is 0. The summed E-state index contributed by atoms with van der Waals surface area (Å²) in [5.74, 6) is 0.968. The molecule has 1 amide bonds. The molecule has 1 spiro atoms. The molecular weight excluding hydrogens is 370 g/mol. The van der Waals surface area contributed by atoms with E-state index >= 15 is 0 Å². The lowest BCUT2D eigenvalue weighted by atomic mass is 9.43. The number of benzene rings is 1. The van der Waals surface area contributed by atoms with Crippen LogP contribution >= 0.6 is 0 Å². The summed E-state index contributed by atoms with van der Waals surface area (Å²) in [5, 5.41) is 35.1. The number of nitrogens with one attached hydrogen (secondary N) is 1. The zero-order valence-corrected chi connectivity index (χ0v) is 17.6. The third-order valence-electron chi connectivity index (χ3n) is 8.94. The van der Waals surface area contributed by atoms with Crippen molar-refractivity contribution >= 4 is 5.91 Å². The van der Waals surface area contributed by atoms with Crippen molar-refractivity contribution in [3.63, 3.8) is 0 Å². The number of hydrogen-bond acceptors (Lipinski definition) is 5. The van der Waals surface area contributed by atoms with Gasteiger partial charge in [-0.05, 0) is 42.6 Å². The highest BCUT2D eigenvalue weighted by Gasteiger charge is 2.68. The van der Waals surface area contributed by atoms with E-state index in [0.717, 1.165) is 24.0 Å². The van der Waals surface area contributed by atoms with Crippen LogP contribution in [0.4, 0.5) is 0 Å². The Balaban J connectivity index is 1.66. The maximum Gasteiger partial charge on any atom is 0.252 e. The molecule has 2 saturated carbocycles. The van der Waals surface area contributed by atoms with Crippen LogP contribution in [0.25, 0.3) is 0 Å². The van der Waals surface area contributed by atoms with Gasteiger partial charge in [0, 0.05) is 29.5 Å². The smallest absolute Gasteiger partial charge is 0.252 e. The number of fused-ring (bicyclic) bond motifs is 5. The highest BCUT2D eigenvalue weighted by molar-refractivity contribution is 6.00. The molecule has 0 saturated heterocycles. The van der Waals surface area contributed by atoms with Crippen molar-refractivity contribution in [1.29, 1.82) is 0 Å². The Morgan fingerprint density at radius 1 is 1.17 bits per heavy atom. The van der Waals surface area contributed by atoms with E-state index < -0.39 is 23.2 Å². The topological polar surface area (TPSA) is 99.0 Å². The predicted molar refractivity (Wildman–Crippen MR) is 107 cm³/mol. The molecule has 0 aromatic heterocycles. The highest BCUT2D eigenvalue weighted by atomic mass is 16.5. The van der Waals surface area contributed by atoms with Gasteiger partial charge in [-0.15, -0.1) is 0 Å². The number of aliphatic hydroxyl groups is 2. The lowest BCUT2D eigenvalue weighted by Crippen LogP contribution is -2.69. The average molecular weight is 402 g/mol. The second-order valence-corrected chi connectivity index (χ2v) is 10.6. The summed E-state index contributed by atoms with van der Waals surface area (Å²) in [5.41, 5.74) is 0.679. The lowest BCUT2D eigenvalue weighted by Gasteiger charge is -2.64. The molecule has 1 unspecified atom stereocenters.